The monoisotopic (exact) mass is 382 g/mol. The van der Waals surface area contributed by atoms with Crippen LogP contribution in [-0.2, 0) is 17.8 Å². The molecular formula is C22H28N3OS+. The number of para-hydroxylation sites is 1. The van der Waals surface area contributed by atoms with Crippen LogP contribution in [-0.4, -0.2) is 31.0 Å². The number of nitrogens with zero attached hydrogens (tertiary/aromatic N) is 1. The number of benzene rings is 2. The smallest absolute Gasteiger partial charge is 0.275 e. The van der Waals surface area contributed by atoms with E-state index in [1.807, 2.05) is 25.2 Å². The molecule has 0 bridgehead atoms. The SMILES string of the molecule is CC(C)c1ccc(CCNC(=O)C[NH+](C)Cc2nc3ccccc3s2)cc1. The molecule has 5 heteroatoms. The minimum atomic E-state index is 0.0902. The highest BCUT2D eigenvalue weighted by Gasteiger charge is 2.13. The number of carbonyl (C=O) groups excluding carboxylic acids is 1. The highest BCUT2D eigenvalue weighted by Crippen LogP contribution is 2.20. The number of nitrogens with one attached hydrogen (secondary N) is 2. The van der Waals surface area contributed by atoms with Gasteiger partial charge in [-0.2, -0.15) is 0 Å². The average molecular weight is 383 g/mol. The summed E-state index contributed by atoms with van der Waals surface area (Å²) < 4.78 is 1.20. The Morgan fingerprint density at radius 3 is 2.59 bits per heavy atom. The van der Waals surface area contributed by atoms with Gasteiger partial charge in [-0.3, -0.25) is 4.79 Å². The first-order chi connectivity index (χ1) is 13.0. The summed E-state index contributed by atoms with van der Waals surface area (Å²) >= 11 is 1.71. The van der Waals surface area contributed by atoms with Crippen molar-refractivity contribution in [3.05, 3.63) is 64.7 Å². The Kier molecular flexibility index (Phi) is 6.58. The molecule has 142 valence electrons. The van der Waals surface area contributed by atoms with E-state index in [1.54, 1.807) is 11.3 Å². The number of quaternary nitrogens is 1. The van der Waals surface area contributed by atoms with Gasteiger partial charge in [0.1, 0.15) is 11.6 Å². The Hall–Kier alpha value is -2.24. The van der Waals surface area contributed by atoms with Crippen LogP contribution < -0.4 is 10.2 Å². The van der Waals surface area contributed by atoms with Crippen LogP contribution in [0.2, 0.25) is 0 Å². The van der Waals surface area contributed by atoms with E-state index < -0.39 is 0 Å². The van der Waals surface area contributed by atoms with Crippen LogP contribution in [0.25, 0.3) is 10.2 Å². The Morgan fingerprint density at radius 1 is 1.15 bits per heavy atom. The first-order valence-electron chi connectivity index (χ1n) is 9.52. The van der Waals surface area contributed by atoms with Gasteiger partial charge in [0, 0.05) is 6.54 Å². The molecule has 1 heterocycles. The molecule has 27 heavy (non-hydrogen) atoms. The van der Waals surface area contributed by atoms with Crippen LogP contribution in [0.1, 0.15) is 35.9 Å². The van der Waals surface area contributed by atoms with E-state index in [0.717, 1.165) is 28.4 Å². The van der Waals surface area contributed by atoms with Gasteiger partial charge in [-0.1, -0.05) is 50.2 Å². The van der Waals surface area contributed by atoms with E-state index in [1.165, 1.54) is 15.8 Å². The first kappa shape index (κ1) is 19.5. The van der Waals surface area contributed by atoms with E-state index in [0.29, 0.717) is 19.0 Å². The maximum absolute atomic E-state index is 12.2. The van der Waals surface area contributed by atoms with Gasteiger partial charge >= 0.3 is 0 Å². The molecule has 2 aromatic carbocycles. The molecule has 2 N–H and O–H groups in total. The predicted molar refractivity (Wildman–Crippen MR) is 112 cm³/mol. The summed E-state index contributed by atoms with van der Waals surface area (Å²) in [7, 11) is 2.04. The maximum Gasteiger partial charge on any atom is 0.275 e. The fraction of sp³-hybridized carbons (Fsp3) is 0.364. The molecule has 0 aliphatic rings. The van der Waals surface area contributed by atoms with Gasteiger partial charge in [0.15, 0.2) is 6.54 Å². The number of hydrogen-bond acceptors (Lipinski definition) is 3. The molecular weight excluding hydrogens is 354 g/mol. The Balaban J connectivity index is 1.41. The van der Waals surface area contributed by atoms with Gasteiger partial charge in [0.2, 0.25) is 0 Å². The molecule has 3 aromatic rings. The van der Waals surface area contributed by atoms with Crippen molar-refractivity contribution in [3.63, 3.8) is 0 Å². The molecule has 4 nitrogen and oxygen atoms in total. The van der Waals surface area contributed by atoms with E-state index in [4.69, 9.17) is 0 Å². The lowest BCUT2D eigenvalue weighted by atomic mass is 10.0. The van der Waals surface area contributed by atoms with Crippen molar-refractivity contribution in [1.82, 2.24) is 10.3 Å². The lowest BCUT2D eigenvalue weighted by Crippen LogP contribution is -3.08. The normalized spacial score (nSPS) is 12.4. The third-order valence-corrected chi connectivity index (χ3v) is 5.67. The fourth-order valence-corrected chi connectivity index (χ4v) is 4.15. The lowest BCUT2D eigenvalue weighted by molar-refractivity contribution is -0.885. The molecule has 1 amide bonds. The van der Waals surface area contributed by atoms with Crippen molar-refractivity contribution in [2.75, 3.05) is 20.1 Å². The van der Waals surface area contributed by atoms with Crippen molar-refractivity contribution >= 4 is 27.5 Å². The summed E-state index contributed by atoms with van der Waals surface area (Å²) in [6.07, 6.45) is 0.862. The third kappa shape index (κ3) is 5.62. The second-order valence-corrected chi connectivity index (χ2v) is 8.50. The summed E-state index contributed by atoms with van der Waals surface area (Å²) in [5.41, 5.74) is 3.65. The van der Waals surface area contributed by atoms with E-state index in [9.17, 15) is 4.79 Å². The fourth-order valence-electron chi connectivity index (χ4n) is 3.07. The molecule has 1 aromatic heterocycles. The van der Waals surface area contributed by atoms with Gasteiger partial charge < -0.3 is 10.2 Å². The molecule has 1 unspecified atom stereocenters. The zero-order chi connectivity index (χ0) is 19.2. The number of rotatable bonds is 8. The number of likely N-dealkylation sites (N-methyl/N-ethyl adjacent to an activating group) is 1. The summed E-state index contributed by atoms with van der Waals surface area (Å²) in [4.78, 5) is 18.0. The van der Waals surface area contributed by atoms with Gasteiger partial charge in [0.05, 0.1) is 17.3 Å². The largest absolute Gasteiger partial charge is 0.351 e. The van der Waals surface area contributed by atoms with Crippen molar-refractivity contribution in [3.8, 4) is 0 Å². The van der Waals surface area contributed by atoms with E-state index in [-0.39, 0.29) is 5.91 Å². The summed E-state index contributed by atoms with van der Waals surface area (Å²) in [5, 5.41) is 4.11. The van der Waals surface area contributed by atoms with Crippen LogP contribution in [0.5, 0.6) is 0 Å². The Morgan fingerprint density at radius 2 is 1.89 bits per heavy atom. The van der Waals surface area contributed by atoms with Crippen LogP contribution in [0.4, 0.5) is 0 Å². The van der Waals surface area contributed by atoms with Crippen molar-refractivity contribution in [2.24, 2.45) is 0 Å². The molecule has 0 radical (unpaired) electrons. The van der Waals surface area contributed by atoms with Gasteiger partial charge in [-0.05, 0) is 35.6 Å². The second kappa shape index (κ2) is 9.11. The zero-order valence-corrected chi connectivity index (χ0v) is 17.1. The van der Waals surface area contributed by atoms with E-state index >= 15 is 0 Å². The number of carbonyl (C=O) groups is 1. The zero-order valence-electron chi connectivity index (χ0n) is 16.3. The van der Waals surface area contributed by atoms with Crippen molar-refractivity contribution in [2.45, 2.75) is 32.7 Å². The first-order valence-corrected chi connectivity index (χ1v) is 10.3. The van der Waals surface area contributed by atoms with Crippen molar-refractivity contribution < 1.29 is 9.69 Å². The minimum absolute atomic E-state index is 0.0902. The maximum atomic E-state index is 12.2. The van der Waals surface area contributed by atoms with Crippen LogP contribution in [0.3, 0.4) is 0 Å². The third-order valence-electron chi connectivity index (χ3n) is 4.64. The summed E-state index contributed by atoms with van der Waals surface area (Å²) in [6.45, 7) is 6.30. The summed E-state index contributed by atoms with van der Waals surface area (Å²) in [6, 6.07) is 16.8. The number of thiazole rings is 1. The van der Waals surface area contributed by atoms with Crippen LogP contribution in [0, 0.1) is 0 Å². The molecule has 0 fully saturated rings. The standard InChI is InChI=1S/C22H27N3OS/c1-16(2)18-10-8-17(9-11-18)12-13-23-21(26)14-25(3)15-22-24-19-6-4-5-7-20(19)27-22/h4-11,16H,12-15H2,1-3H3,(H,23,26)/p+1. The molecule has 0 aliphatic heterocycles. The molecule has 0 spiro atoms. The lowest BCUT2D eigenvalue weighted by Gasteiger charge is -2.12. The van der Waals surface area contributed by atoms with Crippen LogP contribution >= 0.6 is 11.3 Å². The molecule has 1 atom stereocenters. The number of hydrogen-bond donors (Lipinski definition) is 2. The van der Waals surface area contributed by atoms with Gasteiger partial charge in [0.25, 0.3) is 5.91 Å². The highest BCUT2D eigenvalue weighted by atomic mass is 32.1. The molecule has 0 saturated carbocycles. The number of fused-ring (bicyclic) bond motifs is 1. The average Bonchev–Trinajstić information content (AvgIpc) is 3.04. The van der Waals surface area contributed by atoms with Gasteiger partial charge in [-0.15, -0.1) is 11.3 Å². The van der Waals surface area contributed by atoms with Gasteiger partial charge in [-0.25, -0.2) is 4.98 Å². The molecule has 3 rings (SSSR count). The topological polar surface area (TPSA) is 46.4 Å². The minimum Gasteiger partial charge on any atom is -0.351 e. The number of aromatic nitrogens is 1. The molecule has 0 aliphatic carbocycles. The Labute approximate surface area is 165 Å². The van der Waals surface area contributed by atoms with Crippen LogP contribution in [0.15, 0.2) is 48.5 Å². The Bertz CT molecular complexity index is 853. The second-order valence-electron chi connectivity index (χ2n) is 7.38. The highest BCUT2D eigenvalue weighted by molar-refractivity contribution is 7.18. The van der Waals surface area contributed by atoms with E-state index in [2.05, 4.69) is 54.5 Å². The van der Waals surface area contributed by atoms with Crippen molar-refractivity contribution in [1.29, 1.82) is 0 Å². The quantitative estimate of drug-likeness (QED) is 0.629. The predicted octanol–water partition coefficient (Wildman–Crippen LogP) is 2.79. The molecule has 0 saturated heterocycles. The number of amides is 1. The summed E-state index contributed by atoms with van der Waals surface area (Å²) in [5.74, 6) is 0.639.